The Hall–Kier alpha value is -0.870. The van der Waals surface area contributed by atoms with E-state index in [-0.39, 0.29) is 12.8 Å². The monoisotopic (exact) mass is 270 g/mol. The quantitative estimate of drug-likeness (QED) is 0.622. The third kappa shape index (κ3) is 2.06. The first-order valence-corrected chi connectivity index (χ1v) is 5.80. The SMILES string of the molecule is O=C1OCOC1(CBr)Cc1ccccc1. The van der Waals surface area contributed by atoms with E-state index in [1.54, 1.807) is 0 Å². The Morgan fingerprint density at radius 3 is 2.60 bits per heavy atom. The van der Waals surface area contributed by atoms with Gasteiger partial charge in [-0.1, -0.05) is 46.3 Å². The van der Waals surface area contributed by atoms with Crippen LogP contribution in [0.4, 0.5) is 0 Å². The second-order valence-corrected chi connectivity index (χ2v) is 4.05. The van der Waals surface area contributed by atoms with Crippen molar-refractivity contribution in [3.8, 4) is 0 Å². The molecule has 0 radical (unpaired) electrons. The van der Waals surface area contributed by atoms with E-state index in [0.29, 0.717) is 11.8 Å². The van der Waals surface area contributed by atoms with Crippen molar-refractivity contribution < 1.29 is 14.3 Å². The predicted octanol–water partition coefficient (Wildman–Crippen LogP) is 1.89. The molecule has 0 bridgehead atoms. The molecule has 0 saturated carbocycles. The number of cyclic esters (lactones) is 1. The Balaban J connectivity index is 2.19. The molecular weight excluding hydrogens is 260 g/mol. The van der Waals surface area contributed by atoms with Gasteiger partial charge in [0.1, 0.15) is 0 Å². The summed E-state index contributed by atoms with van der Waals surface area (Å²) in [6.45, 7) is 0.0528. The van der Waals surface area contributed by atoms with E-state index < -0.39 is 5.60 Å². The molecule has 1 heterocycles. The van der Waals surface area contributed by atoms with Crippen molar-refractivity contribution in [2.75, 3.05) is 12.1 Å². The van der Waals surface area contributed by atoms with Crippen molar-refractivity contribution in [2.45, 2.75) is 12.0 Å². The van der Waals surface area contributed by atoms with Gasteiger partial charge in [0.15, 0.2) is 12.4 Å². The van der Waals surface area contributed by atoms with Gasteiger partial charge in [-0.15, -0.1) is 0 Å². The number of hydrogen-bond acceptors (Lipinski definition) is 3. The normalized spacial score (nSPS) is 25.3. The molecule has 1 saturated heterocycles. The topological polar surface area (TPSA) is 35.5 Å². The zero-order chi connectivity index (χ0) is 10.7. The van der Waals surface area contributed by atoms with Gasteiger partial charge in [0.05, 0.1) is 0 Å². The Kier molecular flexibility index (Phi) is 3.07. The lowest BCUT2D eigenvalue weighted by atomic mass is 9.97. The van der Waals surface area contributed by atoms with Crippen LogP contribution in [-0.2, 0) is 20.7 Å². The highest BCUT2D eigenvalue weighted by molar-refractivity contribution is 9.09. The molecule has 0 aromatic heterocycles. The Morgan fingerprint density at radius 2 is 2.07 bits per heavy atom. The van der Waals surface area contributed by atoms with Crippen LogP contribution in [0.3, 0.4) is 0 Å². The van der Waals surface area contributed by atoms with Crippen LogP contribution in [0.25, 0.3) is 0 Å². The van der Waals surface area contributed by atoms with Crippen molar-refractivity contribution in [1.29, 1.82) is 0 Å². The first-order chi connectivity index (χ1) is 7.27. The lowest BCUT2D eigenvalue weighted by Crippen LogP contribution is -2.40. The molecule has 1 aromatic carbocycles. The van der Waals surface area contributed by atoms with Crippen molar-refractivity contribution >= 4 is 21.9 Å². The fourth-order valence-corrected chi connectivity index (χ4v) is 2.16. The number of carbonyl (C=O) groups excluding carboxylic acids is 1. The molecule has 0 spiro atoms. The van der Waals surface area contributed by atoms with Gasteiger partial charge >= 0.3 is 5.97 Å². The second-order valence-electron chi connectivity index (χ2n) is 3.48. The van der Waals surface area contributed by atoms with Crippen LogP contribution in [-0.4, -0.2) is 23.7 Å². The number of rotatable bonds is 3. The van der Waals surface area contributed by atoms with Crippen LogP contribution < -0.4 is 0 Å². The molecule has 1 unspecified atom stereocenters. The third-order valence-electron chi connectivity index (χ3n) is 2.45. The van der Waals surface area contributed by atoms with E-state index in [1.807, 2.05) is 30.3 Å². The van der Waals surface area contributed by atoms with E-state index in [0.717, 1.165) is 5.56 Å². The van der Waals surface area contributed by atoms with Crippen molar-refractivity contribution in [3.63, 3.8) is 0 Å². The summed E-state index contributed by atoms with van der Waals surface area (Å²) >= 11 is 3.31. The lowest BCUT2D eigenvalue weighted by molar-refractivity contribution is -0.142. The van der Waals surface area contributed by atoms with Crippen LogP contribution in [0, 0.1) is 0 Å². The van der Waals surface area contributed by atoms with Gasteiger partial charge in [-0.25, -0.2) is 4.79 Å². The Labute approximate surface area is 96.5 Å². The summed E-state index contributed by atoms with van der Waals surface area (Å²) in [4.78, 5) is 11.6. The third-order valence-corrected chi connectivity index (χ3v) is 3.35. The minimum Gasteiger partial charge on any atom is -0.436 e. The van der Waals surface area contributed by atoms with Crippen LogP contribution in [0.15, 0.2) is 30.3 Å². The minimum absolute atomic E-state index is 0.0528. The number of carbonyl (C=O) groups is 1. The summed E-state index contributed by atoms with van der Waals surface area (Å²) in [5, 5.41) is 0.452. The zero-order valence-electron chi connectivity index (χ0n) is 8.11. The number of esters is 1. The first-order valence-electron chi connectivity index (χ1n) is 4.68. The number of hydrogen-bond donors (Lipinski definition) is 0. The molecule has 3 nitrogen and oxygen atoms in total. The van der Waals surface area contributed by atoms with Gasteiger partial charge in [0.2, 0.25) is 0 Å². The Morgan fingerprint density at radius 1 is 1.33 bits per heavy atom. The molecule has 1 aromatic rings. The first kappa shape index (κ1) is 10.6. The largest absolute Gasteiger partial charge is 0.436 e. The van der Waals surface area contributed by atoms with E-state index in [9.17, 15) is 4.79 Å². The van der Waals surface area contributed by atoms with Crippen molar-refractivity contribution in [1.82, 2.24) is 0 Å². The van der Waals surface area contributed by atoms with Gasteiger partial charge < -0.3 is 9.47 Å². The highest BCUT2D eigenvalue weighted by Crippen LogP contribution is 2.26. The molecule has 1 fully saturated rings. The maximum absolute atomic E-state index is 11.6. The van der Waals surface area contributed by atoms with Gasteiger partial charge in [-0.2, -0.15) is 0 Å². The molecule has 4 heteroatoms. The number of ether oxygens (including phenoxy) is 2. The molecule has 15 heavy (non-hydrogen) atoms. The van der Waals surface area contributed by atoms with Crippen LogP contribution >= 0.6 is 15.9 Å². The predicted molar refractivity (Wildman–Crippen MR) is 58.7 cm³/mol. The molecule has 0 aliphatic carbocycles. The average Bonchev–Trinajstić information content (AvgIpc) is 2.62. The van der Waals surface area contributed by atoms with Crippen LogP contribution in [0.2, 0.25) is 0 Å². The molecule has 2 rings (SSSR count). The number of benzene rings is 1. The fourth-order valence-electron chi connectivity index (χ4n) is 1.58. The minimum atomic E-state index is -0.846. The lowest BCUT2D eigenvalue weighted by Gasteiger charge is -2.20. The molecule has 1 aliphatic heterocycles. The van der Waals surface area contributed by atoms with E-state index >= 15 is 0 Å². The summed E-state index contributed by atoms with van der Waals surface area (Å²) in [7, 11) is 0. The maximum atomic E-state index is 11.6. The van der Waals surface area contributed by atoms with Crippen molar-refractivity contribution in [2.24, 2.45) is 0 Å². The summed E-state index contributed by atoms with van der Waals surface area (Å²) in [5.41, 5.74) is 0.220. The van der Waals surface area contributed by atoms with E-state index in [4.69, 9.17) is 9.47 Å². The molecule has 0 amide bonds. The van der Waals surface area contributed by atoms with Gasteiger partial charge in [-0.05, 0) is 5.56 Å². The standard InChI is InChI=1S/C11H11BrO3/c12-7-11(10(13)14-8-15-11)6-9-4-2-1-3-5-9/h1-5H,6-8H2. The number of alkyl halides is 1. The molecular formula is C11H11BrO3. The highest BCUT2D eigenvalue weighted by atomic mass is 79.9. The van der Waals surface area contributed by atoms with Gasteiger partial charge in [0.25, 0.3) is 0 Å². The maximum Gasteiger partial charge on any atom is 0.341 e. The molecule has 0 N–H and O–H groups in total. The van der Waals surface area contributed by atoms with E-state index in [2.05, 4.69) is 15.9 Å². The number of halogens is 1. The van der Waals surface area contributed by atoms with Crippen LogP contribution in [0.5, 0.6) is 0 Å². The van der Waals surface area contributed by atoms with Gasteiger partial charge in [-0.3, -0.25) is 0 Å². The highest BCUT2D eigenvalue weighted by Gasteiger charge is 2.45. The fraction of sp³-hybridized carbons (Fsp3) is 0.364. The molecule has 80 valence electrons. The molecule has 1 atom stereocenters. The molecule has 1 aliphatic rings. The Bertz CT molecular complexity index is 352. The second kappa shape index (κ2) is 4.33. The summed E-state index contributed by atoms with van der Waals surface area (Å²) < 4.78 is 10.2. The summed E-state index contributed by atoms with van der Waals surface area (Å²) in [6, 6.07) is 9.77. The van der Waals surface area contributed by atoms with Crippen molar-refractivity contribution in [3.05, 3.63) is 35.9 Å². The summed E-state index contributed by atoms with van der Waals surface area (Å²) in [5.74, 6) is -0.289. The zero-order valence-corrected chi connectivity index (χ0v) is 9.70. The smallest absolute Gasteiger partial charge is 0.341 e. The van der Waals surface area contributed by atoms with Crippen LogP contribution in [0.1, 0.15) is 5.56 Å². The summed E-state index contributed by atoms with van der Waals surface area (Å²) in [6.07, 6.45) is 0.540. The van der Waals surface area contributed by atoms with Gasteiger partial charge in [0, 0.05) is 11.8 Å². The van der Waals surface area contributed by atoms with E-state index in [1.165, 1.54) is 0 Å². The average molecular weight is 271 g/mol.